The van der Waals surface area contributed by atoms with Crippen molar-refractivity contribution in [2.24, 2.45) is 0 Å². The van der Waals surface area contributed by atoms with Gasteiger partial charge >= 0.3 is 0 Å². The topological polar surface area (TPSA) is 70.7 Å². The average Bonchev–Trinajstić information content (AvgIpc) is 2.83. The maximum atomic E-state index is 13.4. The lowest BCUT2D eigenvalue weighted by molar-refractivity contribution is 1.13. The second-order valence-corrected chi connectivity index (χ2v) is 8.22. The quantitative estimate of drug-likeness (QED) is 0.310. The number of halogens is 1. The van der Waals surface area contributed by atoms with E-state index < -0.39 is 0 Å². The molecule has 162 valence electrons. The molecule has 3 heterocycles. The van der Waals surface area contributed by atoms with E-state index in [1.807, 2.05) is 79.7 Å². The first-order valence-corrected chi connectivity index (χ1v) is 11.0. The van der Waals surface area contributed by atoms with Crippen LogP contribution >= 0.6 is 11.6 Å². The highest BCUT2D eigenvalue weighted by Crippen LogP contribution is 2.33. The highest BCUT2D eigenvalue weighted by molar-refractivity contribution is 6.29. The van der Waals surface area contributed by atoms with Crippen molar-refractivity contribution in [3.63, 3.8) is 0 Å². The number of pyridine rings is 3. The van der Waals surface area contributed by atoms with Crippen molar-refractivity contribution in [1.29, 1.82) is 0 Å². The number of aromatic nitrogens is 3. The van der Waals surface area contributed by atoms with Crippen LogP contribution in [-0.4, -0.2) is 15.0 Å². The van der Waals surface area contributed by atoms with Crippen LogP contribution in [0.3, 0.4) is 0 Å². The standard InChI is InChI=1S/C27H21ClN4O/c1-17-12-20(13-24(28)31-17)21-14-22-26(33)23(29-15-18-8-4-2-5-9-18)16-30-27(22)32-25(21)19-10-6-3-7-11-19/h2-14,16,29H,15H2,1H3,(H,30,32,33). The number of aryl methyl sites for hydroxylation is 1. The molecule has 5 nitrogen and oxygen atoms in total. The van der Waals surface area contributed by atoms with Crippen LogP contribution in [-0.2, 0) is 6.54 Å². The number of hydrogen-bond donors (Lipinski definition) is 2. The predicted octanol–water partition coefficient (Wildman–Crippen LogP) is 6.23. The van der Waals surface area contributed by atoms with Gasteiger partial charge in [0.1, 0.15) is 10.8 Å². The van der Waals surface area contributed by atoms with Gasteiger partial charge in [0, 0.05) is 29.6 Å². The van der Waals surface area contributed by atoms with E-state index in [1.165, 1.54) is 0 Å². The largest absolute Gasteiger partial charge is 0.377 e. The molecule has 0 aliphatic heterocycles. The van der Waals surface area contributed by atoms with E-state index in [2.05, 4.69) is 15.3 Å². The van der Waals surface area contributed by atoms with Gasteiger partial charge < -0.3 is 10.3 Å². The Balaban J connectivity index is 1.66. The molecular weight excluding hydrogens is 432 g/mol. The van der Waals surface area contributed by atoms with E-state index in [0.717, 1.165) is 33.6 Å². The van der Waals surface area contributed by atoms with Crippen LogP contribution in [0.5, 0.6) is 0 Å². The summed E-state index contributed by atoms with van der Waals surface area (Å²) in [6.45, 7) is 2.45. The van der Waals surface area contributed by atoms with Gasteiger partial charge in [0.15, 0.2) is 0 Å². The smallest absolute Gasteiger partial charge is 0.214 e. The minimum absolute atomic E-state index is 0.107. The maximum absolute atomic E-state index is 13.4. The summed E-state index contributed by atoms with van der Waals surface area (Å²) in [6.07, 6.45) is 1.68. The molecule has 0 bridgehead atoms. The number of nitrogens with one attached hydrogen (secondary N) is 2. The Bertz CT molecular complexity index is 1480. The zero-order chi connectivity index (χ0) is 22.8. The number of benzene rings is 2. The van der Waals surface area contributed by atoms with Crippen LogP contribution in [0.2, 0.25) is 5.15 Å². The third-order valence-electron chi connectivity index (χ3n) is 5.47. The zero-order valence-corrected chi connectivity index (χ0v) is 18.7. The number of H-pyrrole nitrogens is 1. The van der Waals surface area contributed by atoms with Crippen LogP contribution in [0.1, 0.15) is 11.3 Å². The van der Waals surface area contributed by atoms with Crippen molar-refractivity contribution in [2.75, 3.05) is 5.32 Å². The highest BCUT2D eigenvalue weighted by Gasteiger charge is 2.15. The SMILES string of the molecule is Cc1cc(-c2cc3c(=O)c(NCc4ccccc4)c[nH]c3nc2-c2ccccc2)cc(Cl)n1. The van der Waals surface area contributed by atoms with Gasteiger partial charge in [-0.2, -0.15) is 0 Å². The summed E-state index contributed by atoms with van der Waals surface area (Å²) < 4.78 is 0. The predicted molar refractivity (Wildman–Crippen MR) is 135 cm³/mol. The molecule has 0 fully saturated rings. The first-order valence-electron chi connectivity index (χ1n) is 10.6. The lowest BCUT2D eigenvalue weighted by Crippen LogP contribution is -2.13. The third-order valence-corrected chi connectivity index (χ3v) is 5.66. The van der Waals surface area contributed by atoms with Gasteiger partial charge in [0.25, 0.3) is 0 Å². The van der Waals surface area contributed by atoms with Crippen molar-refractivity contribution in [2.45, 2.75) is 13.5 Å². The number of aromatic amines is 1. The Morgan fingerprint density at radius 2 is 1.64 bits per heavy atom. The molecule has 5 rings (SSSR count). The molecule has 0 unspecified atom stereocenters. The van der Waals surface area contributed by atoms with Crippen molar-refractivity contribution in [3.05, 3.63) is 112 Å². The molecule has 0 aliphatic carbocycles. The molecule has 0 radical (unpaired) electrons. The normalized spacial score (nSPS) is 11.0. The zero-order valence-electron chi connectivity index (χ0n) is 18.0. The van der Waals surface area contributed by atoms with Crippen LogP contribution in [0, 0.1) is 6.92 Å². The molecule has 6 heteroatoms. The summed E-state index contributed by atoms with van der Waals surface area (Å²) in [6, 6.07) is 25.5. The fourth-order valence-electron chi connectivity index (χ4n) is 3.89. The van der Waals surface area contributed by atoms with Crippen LogP contribution in [0.25, 0.3) is 33.4 Å². The van der Waals surface area contributed by atoms with Gasteiger partial charge in [-0.25, -0.2) is 9.97 Å². The number of anilines is 1. The Morgan fingerprint density at radius 1 is 0.909 bits per heavy atom. The van der Waals surface area contributed by atoms with Crippen LogP contribution in [0.15, 0.2) is 89.9 Å². The minimum atomic E-state index is -0.107. The van der Waals surface area contributed by atoms with Crippen LogP contribution in [0.4, 0.5) is 5.69 Å². The fourth-order valence-corrected chi connectivity index (χ4v) is 4.14. The highest BCUT2D eigenvalue weighted by atomic mass is 35.5. The van der Waals surface area contributed by atoms with Gasteiger partial charge in [0.05, 0.1) is 16.8 Å². The number of fused-ring (bicyclic) bond motifs is 1. The first kappa shape index (κ1) is 20.9. The Kier molecular flexibility index (Phi) is 5.63. The Morgan fingerprint density at radius 3 is 2.36 bits per heavy atom. The molecule has 2 aromatic carbocycles. The van der Waals surface area contributed by atoms with E-state index in [1.54, 1.807) is 12.3 Å². The molecule has 2 N–H and O–H groups in total. The van der Waals surface area contributed by atoms with Crippen molar-refractivity contribution in [1.82, 2.24) is 15.0 Å². The van der Waals surface area contributed by atoms with Crippen LogP contribution < -0.4 is 10.7 Å². The summed E-state index contributed by atoms with van der Waals surface area (Å²) in [5.74, 6) is 0. The molecule has 0 saturated carbocycles. The van der Waals surface area contributed by atoms with E-state index in [9.17, 15) is 4.79 Å². The number of hydrogen-bond acceptors (Lipinski definition) is 4. The molecule has 0 saturated heterocycles. The van der Waals surface area contributed by atoms with E-state index in [0.29, 0.717) is 28.4 Å². The molecule has 5 aromatic rings. The molecule has 0 amide bonds. The molecule has 33 heavy (non-hydrogen) atoms. The van der Waals surface area contributed by atoms with Gasteiger partial charge in [-0.1, -0.05) is 72.3 Å². The minimum Gasteiger partial charge on any atom is -0.377 e. The summed E-state index contributed by atoms with van der Waals surface area (Å²) in [5.41, 5.74) is 6.22. The van der Waals surface area contributed by atoms with Gasteiger partial charge in [0.2, 0.25) is 5.43 Å². The molecule has 0 spiro atoms. The maximum Gasteiger partial charge on any atom is 0.214 e. The van der Waals surface area contributed by atoms with Gasteiger partial charge in [-0.15, -0.1) is 0 Å². The second-order valence-electron chi connectivity index (χ2n) is 7.84. The molecule has 0 aliphatic rings. The number of nitrogens with zero attached hydrogens (tertiary/aromatic N) is 2. The lowest BCUT2D eigenvalue weighted by Gasteiger charge is -2.13. The van der Waals surface area contributed by atoms with Crippen molar-refractivity contribution in [3.8, 4) is 22.4 Å². The Labute approximate surface area is 196 Å². The molecule has 0 atom stereocenters. The number of rotatable bonds is 5. The third kappa shape index (κ3) is 4.36. The fraction of sp³-hybridized carbons (Fsp3) is 0.0741. The average molecular weight is 453 g/mol. The Hall–Kier alpha value is -3.96. The summed E-state index contributed by atoms with van der Waals surface area (Å²) >= 11 is 6.26. The lowest BCUT2D eigenvalue weighted by atomic mass is 9.98. The monoisotopic (exact) mass is 452 g/mol. The van der Waals surface area contributed by atoms with Crippen molar-refractivity contribution >= 4 is 28.3 Å². The van der Waals surface area contributed by atoms with Crippen molar-refractivity contribution < 1.29 is 0 Å². The van der Waals surface area contributed by atoms with Gasteiger partial charge in [-0.05, 0) is 36.2 Å². The molecular formula is C27H21ClN4O. The summed E-state index contributed by atoms with van der Waals surface area (Å²) in [4.78, 5) is 25.7. The van der Waals surface area contributed by atoms with E-state index >= 15 is 0 Å². The first-order chi connectivity index (χ1) is 16.1. The van der Waals surface area contributed by atoms with E-state index in [-0.39, 0.29) is 5.43 Å². The summed E-state index contributed by atoms with van der Waals surface area (Å²) in [5, 5.41) is 4.15. The second kappa shape index (κ2) is 8.88. The molecule has 3 aromatic heterocycles. The summed E-state index contributed by atoms with van der Waals surface area (Å²) in [7, 11) is 0. The van der Waals surface area contributed by atoms with Gasteiger partial charge in [-0.3, -0.25) is 4.79 Å². The van der Waals surface area contributed by atoms with E-state index in [4.69, 9.17) is 16.6 Å².